The predicted octanol–water partition coefficient (Wildman–Crippen LogP) is 1.94. The van der Waals surface area contributed by atoms with Crippen molar-refractivity contribution in [2.24, 2.45) is 0 Å². The molecule has 2 aromatic heterocycles. The highest BCUT2D eigenvalue weighted by Crippen LogP contribution is 2.12. The van der Waals surface area contributed by atoms with Crippen LogP contribution in [0.4, 0.5) is 0 Å². The summed E-state index contributed by atoms with van der Waals surface area (Å²) in [7, 11) is 0. The first-order chi connectivity index (χ1) is 5.97. The lowest BCUT2D eigenvalue weighted by atomic mass is 10.2. The number of pyridine rings is 2. The molecule has 0 aliphatic heterocycles. The van der Waals surface area contributed by atoms with Crippen molar-refractivity contribution in [1.82, 2.24) is 9.97 Å². The molecule has 0 atom stereocenters. The lowest BCUT2D eigenvalue weighted by Gasteiger charge is -1.96. The van der Waals surface area contributed by atoms with E-state index in [-0.39, 0.29) is 0 Å². The zero-order valence-electron chi connectivity index (χ0n) is 6.44. The second-order valence-corrected chi connectivity index (χ2v) is 2.39. The van der Waals surface area contributed by atoms with Crippen LogP contribution in [0.5, 0.6) is 0 Å². The van der Waals surface area contributed by atoms with Crippen molar-refractivity contribution < 1.29 is 0 Å². The van der Waals surface area contributed by atoms with E-state index in [4.69, 9.17) is 0 Å². The minimum atomic E-state index is 0.944. The zero-order valence-corrected chi connectivity index (χ0v) is 6.44. The van der Waals surface area contributed by atoms with Crippen molar-refractivity contribution in [1.29, 1.82) is 0 Å². The molecule has 2 rings (SSSR count). The van der Waals surface area contributed by atoms with E-state index >= 15 is 0 Å². The van der Waals surface area contributed by atoms with E-state index in [2.05, 4.69) is 16.2 Å². The quantitative estimate of drug-likeness (QED) is 0.629. The van der Waals surface area contributed by atoms with Gasteiger partial charge >= 0.3 is 0 Å². The molecule has 12 heavy (non-hydrogen) atoms. The molecule has 2 heteroatoms. The third-order valence-electron chi connectivity index (χ3n) is 1.58. The summed E-state index contributed by atoms with van der Waals surface area (Å²) in [4.78, 5) is 8.09. The van der Waals surface area contributed by atoms with Crippen LogP contribution in [-0.4, -0.2) is 9.97 Å². The Hall–Kier alpha value is -1.70. The number of nitrogens with zero attached hydrogens (tertiary/aromatic N) is 2. The van der Waals surface area contributed by atoms with Crippen molar-refractivity contribution in [2.45, 2.75) is 0 Å². The second kappa shape index (κ2) is 3.13. The molecule has 2 aromatic rings. The molecule has 0 saturated heterocycles. The average Bonchev–Trinajstić information content (AvgIpc) is 2.21. The SMILES string of the molecule is [c]1ccc(-c2ccccn2)cn1. The van der Waals surface area contributed by atoms with Gasteiger partial charge in [0, 0.05) is 18.0 Å². The number of rotatable bonds is 1. The maximum atomic E-state index is 4.20. The van der Waals surface area contributed by atoms with Crippen LogP contribution in [0.15, 0.2) is 42.7 Å². The van der Waals surface area contributed by atoms with E-state index in [1.807, 2.05) is 24.3 Å². The molecule has 0 N–H and O–H groups in total. The lowest BCUT2D eigenvalue weighted by molar-refractivity contribution is 1.27. The highest BCUT2D eigenvalue weighted by Gasteiger charge is 1.94. The lowest BCUT2D eigenvalue weighted by Crippen LogP contribution is -1.81. The third kappa shape index (κ3) is 1.32. The Bertz CT molecular complexity index is 305. The summed E-state index contributed by atoms with van der Waals surface area (Å²) in [5.74, 6) is 0. The van der Waals surface area contributed by atoms with Gasteiger partial charge in [0.05, 0.1) is 11.9 Å². The van der Waals surface area contributed by atoms with Crippen LogP contribution in [0.2, 0.25) is 0 Å². The van der Waals surface area contributed by atoms with Gasteiger partial charge in [-0.15, -0.1) is 0 Å². The fourth-order valence-electron chi connectivity index (χ4n) is 1.00. The van der Waals surface area contributed by atoms with Gasteiger partial charge in [-0.3, -0.25) is 9.97 Å². The van der Waals surface area contributed by atoms with Gasteiger partial charge in [0.1, 0.15) is 0 Å². The minimum absolute atomic E-state index is 0.944. The molecule has 0 aliphatic carbocycles. The Kier molecular flexibility index (Phi) is 1.82. The molecule has 0 saturated carbocycles. The largest absolute Gasteiger partial charge is 0.256 e. The van der Waals surface area contributed by atoms with E-state index in [1.54, 1.807) is 18.5 Å². The molecule has 1 radical (unpaired) electrons. The molecule has 0 bridgehead atoms. The number of aromatic nitrogens is 2. The van der Waals surface area contributed by atoms with Gasteiger partial charge in [-0.05, 0) is 24.3 Å². The van der Waals surface area contributed by atoms with Crippen molar-refractivity contribution in [2.75, 3.05) is 0 Å². The van der Waals surface area contributed by atoms with Gasteiger partial charge < -0.3 is 0 Å². The van der Waals surface area contributed by atoms with Crippen molar-refractivity contribution in [3.05, 3.63) is 48.9 Å². The van der Waals surface area contributed by atoms with Gasteiger partial charge in [0.15, 0.2) is 0 Å². The standard InChI is InChI=1S/C10H7N2/c1-2-7-12-10(5-1)9-4-3-6-11-8-9/h1-5,7-8H. The van der Waals surface area contributed by atoms with Crippen LogP contribution in [0.3, 0.4) is 0 Å². The molecule has 2 heterocycles. The zero-order chi connectivity index (χ0) is 8.23. The first kappa shape index (κ1) is 6.98. The van der Waals surface area contributed by atoms with Crippen molar-refractivity contribution in [3.63, 3.8) is 0 Å². The fourth-order valence-corrected chi connectivity index (χ4v) is 1.00. The number of hydrogen-bond donors (Lipinski definition) is 0. The summed E-state index contributed by atoms with van der Waals surface area (Å²) in [5.41, 5.74) is 1.97. The molecular weight excluding hydrogens is 148 g/mol. The number of hydrogen-bond acceptors (Lipinski definition) is 2. The van der Waals surface area contributed by atoms with E-state index in [0.29, 0.717) is 0 Å². The van der Waals surface area contributed by atoms with Crippen LogP contribution in [0, 0.1) is 6.20 Å². The first-order valence-electron chi connectivity index (χ1n) is 3.70. The van der Waals surface area contributed by atoms with Crippen molar-refractivity contribution in [3.8, 4) is 11.3 Å². The Morgan fingerprint density at radius 1 is 1.17 bits per heavy atom. The Balaban J connectivity index is 2.46. The summed E-state index contributed by atoms with van der Waals surface area (Å²) < 4.78 is 0. The highest BCUT2D eigenvalue weighted by atomic mass is 14.7. The monoisotopic (exact) mass is 155 g/mol. The molecule has 0 unspecified atom stereocenters. The van der Waals surface area contributed by atoms with Gasteiger partial charge in [-0.25, -0.2) is 0 Å². The predicted molar refractivity (Wildman–Crippen MR) is 46.3 cm³/mol. The van der Waals surface area contributed by atoms with Gasteiger partial charge in [0.2, 0.25) is 0 Å². The van der Waals surface area contributed by atoms with Gasteiger partial charge in [-0.1, -0.05) is 6.07 Å². The first-order valence-corrected chi connectivity index (χ1v) is 3.70. The van der Waals surface area contributed by atoms with E-state index < -0.39 is 0 Å². The molecule has 2 nitrogen and oxygen atoms in total. The topological polar surface area (TPSA) is 25.8 Å². The molecule has 57 valence electrons. The molecule has 0 amide bonds. The van der Waals surface area contributed by atoms with Crippen LogP contribution < -0.4 is 0 Å². The summed E-state index contributed by atoms with van der Waals surface area (Å²) in [6, 6.07) is 9.53. The van der Waals surface area contributed by atoms with E-state index in [0.717, 1.165) is 11.3 Å². The maximum absolute atomic E-state index is 4.20. The summed E-state index contributed by atoms with van der Waals surface area (Å²) in [6.45, 7) is 0. The Morgan fingerprint density at radius 3 is 2.83 bits per heavy atom. The van der Waals surface area contributed by atoms with Crippen molar-refractivity contribution >= 4 is 0 Å². The van der Waals surface area contributed by atoms with E-state index in [1.165, 1.54) is 0 Å². The maximum Gasteiger partial charge on any atom is 0.0886 e. The Morgan fingerprint density at radius 2 is 2.17 bits per heavy atom. The summed E-state index contributed by atoms with van der Waals surface area (Å²) in [6.07, 6.45) is 6.25. The highest BCUT2D eigenvalue weighted by molar-refractivity contribution is 5.56. The molecule has 0 spiro atoms. The molecule has 0 fully saturated rings. The van der Waals surface area contributed by atoms with Crippen LogP contribution in [0.1, 0.15) is 0 Å². The molecule has 0 aliphatic rings. The average molecular weight is 155 g/mol. The van der Waals surface area contributed by atoms with Gasteiger partial charge in [0.25, 0.3) is 0 Å². The molecular formula is C10H7N2. The van der Waals surface area contributed by atoms with Crippen LogP contribution >= 0.6 is 0 Å². The Labute approximate surface area is 70.9 Å². The fraction of sp³-hybridized carbons (Fsp3) is 0. The summed E-state index contributed by atoms with van der Waals surface area (Å²) >= 11 is 0. The smallest absolute Gasteiger partial charge is 0.0886 e. The van der Waals surface area contributed by atoms with Crippen LogP contribution in [0.25, 0.3) is 11.3 Å². The normalized spacial score (nSPS) is 9.67. The third-order valence-corrected chi connectivity index (χ3v) is 1.58. The minimum Gasteiger partial charge on any atom is -0.256 e. The van der Waals surface area contributed by atoms with Gasteiger partial charge in [-0.2, -0.15) is 0 Å². The van der Waals surface area contributed by atoms with Crippen LogP contribution in [-0.2, 0) is 0 Å². The summed E-state index contributed by atoms with van der Waals surface area (Å²) in [5, 5.41) is 0. The molecule has 0 aromatic carbocycles. The second-order valence-electron chi connectivity index (χ2n) is 2.39. The van der Waals surface area contributed by atoms with E-state index in [9.17, 15) is 0 Å².